The molecular weight excluding hydrogens is 194 g/mol. The number of rotatable bonds is 2. The smallest absolute Gasteiger partial charge is 0.00178 e. The van der Waals surface area contributed by atoms with Crippen LogP contribution < -0.4 is 0 Å². The quantitative estimate of drug-likeness (QED) is 0.643. The van der Waals surface area contributed by atoms with Gasteiger partial charge in [-0.05, 0) is 57.0 Å². The van der Waals surface area contributed by atoms with Crippen molar-refractivity contribution in [3.05, 3.63) is 11.6 Å². The van der Waals surface area contributed by atoms with Gasteiger partial charge in [-0.1, -0.05) is 31.9 Å². The Morgan fingerprint density at radius 1 is 1.19 bits per heavy atom. The van der Waals surface area contributed by atoms with Crippen LogP contribution in [0.1, 0.15) is 46.5 Å². The third-order valence-corrected chi connectivity index (χ3v) is 4.52. The van der Waals surface area contributed by atoms with E-state index >= 15 is 0 Å². The molecule has 1 heteroatoms. The van der Waals surface area contributed by atoms with Gasteiger partial charge in [0.25, 0.3) is 0 Å². The summed E-state index contributed by atoms with van der Waals surface area (Å²) in [5.41, 5.74) is 1.61. The minimum atomic E-state index is 0.783. The van der Waals surface area contributed by atoms with Crippen LogP contribution in [-0.2, 0) is 0 Å². The molecular formula is C15H27N. The third kappa shape index (κ3) is 2.88. The molecule has 16 heavy (non-hydrogen) atoms. The van der Waals surface area contributed by atoms with E-state index in [1.54, 1.807) is 5.57 Å². The van der Waals surface area contributed by atoms with Gasteiger partial charge in [0.1, 0.15) is 0 Å². The highest BCUT2D eigenvalue weighted by Crippen LogP contribution is 2.34. The minimum absolute atomic E-state index is 0.783. The molecule has 1 aliphatic heterocycles. The molecule has 92 valence electrons. The summed E-state index contributed by atoms with van der Waals surface area (Å²) in [6.07, 6.45) is 8.12. The predicted octanol–water partition coefficient (Wildman–Crippen LogP) is 3.71. The fourth-order valence-electron chi connectivity index (χ4n) is 3.60. The highest BCUT2D eigenvalue weighted by molar-refractivity contribution is 5.08. The SMILES string of the molecule is CC1=C[C@@H](C)[C@@H](CN2CCCCC2)[C@H](C)C1. The van der Waals surface area contributed by atoms with E-state index in [9.17, 15) is 0 Å². The van der Waals surface area contributed by atoms with Gasteiger partial charge in [0.15, 0.2) is 0 Å². The lowest BCUT2D eigenvalue weighted by Crippen LogP contribution is -2.39. The normalized spacial score (nSPS) is 37.2. The summed E-state index contributed by atoms with van der Waals surface area (Å²) in [6.45, 7) is 11.2. The van der Waals surface area contributed by atoms with Gasteiger partial charge in [0.2, 0.25) is 0 Å². The van der Waals surface area contributed by atoms with Crippen molar-refractivity contribution in [3.8, 4) is 0 Å². The highest BCUT2D eigenvalue weighted by atomic mass is 15.1. The lowest BCUT2D eigenvalue weighted by Gasteiger charge is -2.38. The summed E-state index contributed by atoms with van der Waals surface area (Å²) >= 11 is 0. The van der Waals surface area contributed by atoms with Crippen molar-refractivity contribution in [3.63, 3.8) is 0 Å². The van der Waals surface area contributed by atoms with Gasteiger partial charge < -0.3 is 4.90 Å². The average Bonchev–Trinajstić information content (AvgIpc) is 2.25. The summed E-state index contributed by atoms with van der Waals surface area (Å²) in [6, 6.07) is 0. The average molecular weight is 221 g/mol. The Morgan fingerprint density at radius 2 is 1.88 bits per heavy atom. The van der Waals surface area contributed by atoms with Crippen LogP contribution in [0, 0.1) is 17.8 Å². The van der Waals surface area contributed by atoms with E-state index in [1.165, 1.54) is 45.3 Å². The number of nitrogens with zero attached hydrogens (tertiary/aromatic N) is 1. The van der Waals surface area contributed by atoms with Crippen LogP contribution in [0.5, 0.6) is 0 Å². The molecule has 0 bridgehead atoms. The zero-order valence-electron chi connectivity index (χ0n) is 11.2. The third-order valence-electron chi connectivity index (χ3n) is 4.52. The molecule has 0 unspecified atom stereocenters. The largest absolute Gasteiger partial charge is 0.303 e. The topological polar surface area (TPSA) is 3.24 Å². The van der Waals surface area contributed by atoms with E-state index in [2.05, 4.69) is 31.7 Å². The molecule has 0 N–H and O–H groups in total. The van der Waals surface area contributed by atoms with Crippen LogP contribution in [-0.4, -0.2) is 24.5 Å². The summed E-state index contributed by atoms with van der Waals surface area (Å²) in [4.78, 5) is 2.70. The molecule has 1 aliphatic carbocycles. The fourth-order valence-corrected chi connectivity index (χ4v) is 3.60. The summed E-state index contributed by atoms with van der Waals surface area (Å²) in [5, 5.41) is 0. The van der Waals surface area contributed by atoms with Crippen LogP contribution in [0.4, 0.5) is 0 Å². The van der Waals surface area contributed by atoms with Crippen LogP contribution in [0.2, 0.25) is 0 Å². The minimum Gasteiger partial charge on any atom is -0.303 e. The maximum atomic E-state index is 2.70. The summed E-state index contributed by atoms with van der Waals surface area (Å²) < 4.78 is 0. The van der Waals surface area contributed by atoms with E-state index in [0.717, 1.165) is 17.8 Å². The van der Waals surface area contributed by atoms with Crippen LogP contribution in [0.15, 0.2) is 11.6 Å². The maximum Gasteiger partial charge on any atom is 0.00178 e. The number of likely N-dealkylation sites (tertiary alicyclic amines) is 1. The highest BCUT2D eigenvalue weighted by Gasteiger charge is 2.28. The van der Waals surface area contributed by atoms with E-state index in [1.807, 2.05) is 0 Å². The number of hydrogen-bond acceptors (Lipinski definition) is 1. The monoisotopic (exact) mass is 221 g/mol. The molecule has 0 spiro atoms. The van der Waals surface area contributed by atoms with Gasteiger partial charge >= 0.3 is 0 Å². The number of hydrogen-bond donors (Lipinski definition) is 0. The Hall–Kier alpha value is -0.300. The molecule has 0 aromatic carbocycles. The van der Waals surface area contributed by atoms with Crippen molar-refractivity contribution >= 4 is 0 Å². The summed E-state index contributed by atoms with van der Waals surface area (Å²) in [5.74, 6) is 2.55. The number of piperidine rings is 1. The Kier molecular flexibility index (Phi) is 4.07. The molecule has 1 fully saturated rings. The van der Waals surface area contributed by atoms with Gasteiger partial charge in [-0.25, -0.2) is 0 Å². The predicted molar refractivity (Wildman–Crippen MR) is 70.5 cm³/mol. The Balaban J connectivity index is 1.92. The first-order valence-corrected chi connectivity index (χ1v) is 7.06. The molecule has 3 atom stereocenters. The van der Waals surface area contributed by atoms with Crippen molar-refractivity contribution in [2.24, 2.45) is 17.8 Å². The molecule has 1 nitrogen and oxygen atoms in total. The van der Waals surface area contributed by atoms with E-state index in [4.69, 9.17) is 0 Å². The first-order chi connectivity index (χ1) is 7.66. The maximum absolute atomic E-state index is 2.70. The van der Waals surface area contributed by atoms with Crippen molar-refractivity contribution < 1.29 is 0 Å². The van der Waals surface area contributed by atoms with Crippen molar-refractivity contribution in [1.29, 1.82) is 0 Å². The molecule has 2 aliphatic rings. The lowest BCUT2D eigenvalue weighted by molar-refractivity contribution is 0.141. The van der Waals surface area contributed by atoms with Crippen molar-refractivity contribution in [2.75, 3.05) is 19.6 Å². The van der Waals surface area contributed by atoms with Gasteiger partial charge in [0.05, 0.1) is 0 Å². The van der Waals surface area contributed by atoms with E-state index < -0.39 is 0 Å². The molecule has 2 rings (SSSR count). The van der Waals surface area contributed by atoms with E-state index in [-0.39, 0.29) is 0 Å². The Labute approximate surface area is 101 Å². The first kappa shape index (κ1) is 12.2. The Morgan fingerprint density at radius 3 is 2.50 bits per heavy atom. The molecule has 1 heterocycles. The van der Waals surface area contributed by atoms with Crippen molar-refractivity contribution in [2.45, 2.75) is 46.5 Å². The van der Waals surface area contributed by atoms with Gasteiger partial charge in [-0.15, -0.1) is 0 Å². The van der Waals surface area contributed by atoms with Crippen molar-refractivity contribution in [1.82, 2.24) is 4.90 Å². The molecule has 0 aromatic heterocycles. The van der Waals surface area contributed by atoms with Crippen LogP contribution in [0.25, 0.3) is 0 Å². The fraction of sp³-hybridized carbons (Fsp3) is 0.867. The second kappa shape index (κ2) is 5.35. The standard InChI is InChI=1S/C15H27N/c1-12-9-13(2)15(14(3)10-12)11-16-7-5-4-6-8-16/h9,13-15H,4-8,10-11H2,1-3H3/t13-,14-,15-/m1/s1. The molecule has 0 aromatic rings. The zero-order chi connectivity index (χ0) is 11.5. The van der Waals surface area contributed by atoms with Gasteiger partial charge in [-0.2, -0.15) is 0 Å². The molecule has 0 amide bonds. The molecule has 1 saturated heterocycles. The molecule has 0 saturated carbocycles. The van der Waals surface area contributed by atoms with Gasteiger partial charge in [-0.3, -0.25) is 0 Å². The first-order valence-electron chi connectivity index (χ1n) is 7.06. The van der Waals surface area contributed by atoms with Crippen LogP contribution in [0.3, 0.4) is 0 Å². The lowest BCUT2D eigenvalue weighted by atomic mass is 9.74. The van der Waals surface area contributed by atoms with Crippen LogP contribution >= 0.6 is 0 Å². The second-order valence-corrected chi connectivity index (χ2v) is 6.08. The molecule has 0 radical (unpaired) electrons. The summed E-state index contributed by atoms with van der Waals surface area (Å²) in [7, 11) is 0. The van der Waals surface area contributed by atoms with Gasteiger partial charge in [0, 0.05) is 6.54 Å². The Bertz CT molecular complexity index is 250. The van der Waals surface area contributed by atoms with E-state index in [0.29, 0.717) is 0 Å². The second-order valence-electron chi connectivity index (χ2n) is 6.08. The zero-order valence-corrected chi connectivity index (χ0v) is 11.2. The number of allylic oxidation sites excluding steroid dienone is 2.